The van der Waals surface area contributed by atoms with E-state index in [1.165, 1.54) is 0 Å². The molecule has 3 aromatic rings. The Bertz CT molecular complexity index is 1060. The van der Waals surface area contributed by atoms with Gasteiger partial charge in [0.25, 0.3) is 0 Å². The van der Waals surface area contributed by atoms with E-state index in [4.69, 9.17) is 19.6 Å². The van der Waals surface area contributed by atoms with E-state index in [1.807, 2.05) is 41.2 Å². The van der Waals surface area contributed by atoms with Gasteiger partial charge >= 0.3 is 15.2 Å². The second-order valence-corrected chi connectivity index (χ2v) is 10.1. The molecule has 0 fully saturated rings. The highest BCUT2D eigenvalue weighted by molar-refractivity contribution is 7.51. The van der Waals surface area contributed by atoms with Gasteiger partial charge in [0.1, 0.15) is 6.16 Å². The number of aromatic nitrogens is 2. The zero-order valence-electron chi connectivity index (χ0n) is 15.4. The van der Waals surface area contributed by atoms with Crippen LogP contribution in [-0.4, -0.2) is 25.7 Å². The minimum atomic E-state index is -4.08. The van der Waals surface area contributed by atoms with Crippen molar-refractivity contribution in [3.8, 4) is 16.8 Å². The fraction of sp³-hybridized carbons (Fsp3) is 0.158. The zero-order valence-corrected chi connectivity index (χ0v) is 17.2. The Morgan fingerprint density at radius 3 is 1.69 bits per heavy atom. The minimum absolute atomic E-state index is 0.199. The molecule has 0 aliphatic heterocycles. The lowest BCUT2D eigenvalue weighted by Crippen LogP contribution is -2.34. The third-order valence-corrected chi connectivity index (χ3v) is 5.89. The largest absolute Gasteiger partial charge is 0.331 e. The van der Waals surface area contributed by atoms with Gasteiger partial charge in [-0.25, -0.2) is 4.57 Å². The van der Waals surface area contributed by atoms with Crippen LogP contribution >= 0.6 is 15.2 Å². The molecule has 4 N–H and O–H groups in total. The molecular formula is C19H22N2O6P2+2. The molecule has 0 bridgehead atoms. The SMILES string of the molecule is O=P(O)(O)CC[n+]1ccc(-c2cc[n+](-c3ccc(CP(=O)(O)O)cc3)cc2)cc1. The molecule has 152 valence electrons. The van der Waals surface area contributed by atoms with Gasteiger partial charge in [0.15, 0.2) is 31.3 Å². The van der Waals surface area contributed by atoms with Crippen molar-refractivity contribution < 1.29 is 37.8 Å². The molecule has 0 amide bonds. The predicted molar refractivity (Wildman–Crippen MR) is 106 cm³/mol. The Kier molecular flexibility index (Phi) is 6.44. The van der Waals surface area contributed by atoms with Gasteiger partial charge in [-0.2, -0.15) is 4.57 Å². The van der Waals surface area contributed by atoms with Crippen molar-refractivity contribution in [1.82, 2.24) is 0 Å². The first-order valence-corrected chi connectivity index (χ1v) is 12.4. The van der Waals surface area contributed by atoms with Crippen LogP contribution in [0.4, 0.5) is 0 Å². The summed E-state index contributed by atoms with van der Waals surface area (Å²) in [6.45, 7) is 0.247. The highest BCUT2D eigenvalue weighted by atomic mass is 31.2. The van der Waals surface area contributed by atoms with Crippen LogP contribution in [0.3, 0.4) is 0 Å². The van der Waals surface area contributed by atoms with Crippen molar-refractivity contribution in [2.75, 3.05) is 6.16 Å². The van der Waals surface area contributed by atoms with Crippen molar-refractivity contribution in [2.45, 2.75) is 12.7 Å². The molecule has 8 nitrogen and oxygen atoms in total. The van der Waals surface area contributed by atoms with Crippen molar-refractivity contribution in [3.63, 3.8) is 0 Å². The van der Waals surface area contributed by atoms with Crippen LogP contribution in [0.15, 0.2) is 73.3 Å². The monoisotopic (exact) mass is 436 g/mol. The highest BCUT2D eigenvalue weighted by Crippen LogP contribution is 2.38. The van der Waals surface area contributed by atoms with E-state index in [-0.39, 0.29) is 18.9 Å². The lowest BCUT2D eigenvalue weighted by Gasteiger charge is -2.04. The molecule has 0 atom stereocenters. The summed E-state index contributed by atoms with van der Waals surface area (Å²) in [5, 5.41) is 0. The van der Waals surface area contributed by atoms with Crippen LogP contribution in [-0.2, 0) is 21.8 Å². The molecule has 0 spiro atoms. The maximum absolute atomic E-state index is 11.1. The Balaban J connectivity index is 1.70. The van der Waals surface area contributed by atoms with Crippen LogP contribution in [0.5, 0.6) is 0 Å². The summed E-state index contributed by atoms with van der Waals surface area (Å²) in [5.41, 5.74) is 3.41. The van der Waals surface area contributed by atoms with Gasteiger partial charge in [-0.1, -0.05) is 12.1 Å². The highest BCUT2D eigenvalue weighted by Gasteiger charge is 2.16. The summed E-state index contributed by atoms with van der Waals surface area (Å²) in [7, 11) is -8.09. The van der Waals surface area contributed by atoms with Crippen molar-refractivity contribution in [3.05, 3.63) is 78.9 Å². The number of pyridine rings is 2. The van der Waals surface area contributed by atoms with Gasteiger partial charge in [0.05, 0.1) is 6.16 Å². The number of aryl methyl sites for hydroxylation is 1. The molecule has 2 aromatic heterocycles. The molecular weight excluding hydrogens is 414 g/mol. The zero-order chi connectivity index (χ0) is 21.1. The Labute approximate surface area is 168 Å². The Morgan fingerprint density at radius 2 is 1.21 bits per heavy atom. The fourth-order valence-electron chi connectivity index (χ4n) is 2.85. The van der Waals surface area contributed by atoms with E-state index in [0.717, 1.165) is 16.8 Å². The fourth-order valence-corrected chi connectivity index (χ4v) is 4.02. The Hall–Kier alpha value is -2.18. The van der Waals surface area contributed by atoms with Crippen molar-refractivity contribution in [2.24, 2.45) is 0 Å². The molecule has 0 saturated carbocycles. The standard InChI is InChI=1S/C19H20N2O6P2/c22-28(23,24)14-13-20-9-5-17(6-10-20)18-7-11-21(12-8-18)19-3-1-16(2-4-19)15-29(25,26)27/h1-12H,13-15H2,(H2-2,22,23,24,25,26,27)/p+2. The van der Waals surface area contributed by atoms with Crippen LogP contribution in [0.25, 0.3) is 16.8 Å². The molecule has 10 heteroatoms. The molecule has 0 saturated heterocycles. The summed E-state index contributed by atoms with van der Waals surface area (Å²) in [4.78, 5) is 36.0. The molecule has 0 aliphatic carbocycles. The van der Waals surface area contributed by atoms with Crippen molar-refractivity contribution >= 4 is 15.2 Å². The summed E-state index contributed by atoms with van der Waals surface area (Å²) in [6, 6.07) is 14.7. The Morgan fingerprint density at radius 1 is 0.690 bits per heavy atom. The average Bonchev–Trinajstić information content (AvgIpc) is 2.66. The van der Waals surface area contributed by atoms with Crippen molar-refractivity contribution in [1.29, 1.82) is 0 Å². The first kappa shape index (κ1) is 21.5. The first-order valence-electron chi connectivity index (χ1n) is 8.78. The second-order valence-electron chi connectivity index (χ2n) is 6.70. The molecule has 0 radical (unpaired) electrons. The first-order chi connectivity index (χ1) is 13.6. The van der Waals surface area contributed by atoms with E-state index < -0.39 is 15.2 Å². The van der Waals surface area contributed by atoms with Gasteiger partial charge in [-0.15, -0.1) is 0 Å². The number of rotatable bonds is 7. The van der Waals surface area contributed by atoms with Crippen LogP contribution in [0.1, 0.15) is 5.56 Å². The molecule has 1 aromatic carbocycles. The van der Waals surface area contributed by atoms with Gasteiger partial charge in [-0.3, -0.25) is 9.13 Å². The van der Waals surface area contributed by atoms with E-state index >= 15 is 0 Å². The molecule has 0 unspecified atom stereocenters. The molecule has 3 rings (SSSR count). The summed E-state index contributed by atoms with van der Waals surface area (Å²) in [5.74, 6) is 0. The second kappa shape index (κ2) is 8.67. The summed E-state index contributed by atoms with van der Waals surface area (Å²) in [6.07, 6.45) is 6.87. The molecule has 0 aliphatic rings. The van der Waals surface area contributed by atoms with Gasteiger partial charge in [-0.05, 0) is 16.7 Å². The lowest BCUT2D eigenvalue weighted by molar-refractivity contribution is -0.692. The predicted octanol–water partition coefficient (Wildman–Crippen LogP) is 1.77. The van der Waals surface area contributed by atoms with Crippen LogP contribution in [0, 0.1) is 0 Å². The quantitative estimate of drug-likeness (QED) is 0.331. The maximum Gasteiger partial charge on any atom is 0.331 e. The van der Waals surface area contributed by atoms with E-state index in [9.17, 15) is 9.13 Å². The minimum Gasteiger partial charge on any atom is -0.324 e. The summed E-state index contributed by atoms with van der Waals surface area (Å²) < 4.78 is 25.7. The topological polar surface area (TPSA) is 123 Å². The van der Waals surface area contributed by atoms with E-state index in [2.05, 4.69) is 0 Å². The van der Waals surface area contributed by atoms with E-state index in [1.54, 1.807) is 41.2 Å². The van der Waals surface area contributed by atoms with Crippen LogP contribution in [0.2, 0.25) is 0 Å². The van der Waals surface area contributed by atoms with Gasteiger partial charge < -0.3 is 19.6 Å². The number of nitrogens with zero attached hydrogens (tertiary/aromatic N) is 2. The smallest absolute Gasteiger partial charge is 0.324 e. The lowest BCUT2D eigenvalue weighted by atomic mass is 10.1. The van der Waals surface area contributed by atoms with Gasteiger partial charge in [0.2, 0.25) is 5.69 Å². The third kappa shape index (κ3) is 6.68. The maximum atomic E-state index is 11.1. The van der Waals surface area contributed by atoms with Gasteiger partial charge in [0, 0.05) is 36.4 Å². The average molecular weight is 436 g/mol. The normalized spacial score (nSPS) is 12.1. The molecule has 2 heterocycles. The molecule has 29 heavy (non-hydrogen) atoms. The van der Waals surface area contributed by atoms with Crippen LogP contribution < -0.4 is 9.13 Å². The van der Waals surface area contributed by atoms with E-state index in [0.29, 0.717) is 5.56 Å². The third-order valence-electron chi connectivity index (χ3n) is 4.33. The number of benzene rings is 1. The summed E-state index contributed by atoms with van der Waals surface area (Å²) >= 11 is 0. The number of hydrogen-bond donors (Lipinski definition) is 4. The number of hydrogen-bond acceptors (Lipinski definition) is 2.